The van der Waals surface area contributed by atoms with Gasteiger partial charge in [-0.25, -0.2) is 4.39 Å². The Morgan fingerprint density at radius 2 is 1.82 bits per heavy atom. The molecule has 144 valence electrons. The Labute approximate surface area is 168 Å². The number of carbonyl (C=O) groups is 2. The van der Waals surface area contributed by atoms with E-state index in [0.717, 1.165) is 11.3 Å². The highest BCUT2D eigenvalue weighted by molar-refractivity contribution is 7.21. The molecule has 0 bridgehead atoms. The number of ether oxygens (including phenoxy) is 2. The van der Waals surface area contributed by atoms with Gasteiger partial charge in [0, 0.05) is 10.1 Å². The van der Waals surface area contributed by atoms with Gasteiger partial charge in [0.1, 0.15) is 16.8 Å². The first-order valence-corrected chi connectivity index (χ1v) is 9.53. The van der Waals surface area contributed by atoms with Gasteiger partial charge in [-0.3, -0.25) is 20.4 Å². The number of nitrogens with one attached hydrogen (secondary N) is 2. The number of hydrogen-bond acceptors (Lipinski definition) is 5. The molecule has 4 rings (SSSR count). The van der Waals surface area contributed by atoms with Gasteiger partial charge >= 0.3 is 0 Å². The Balaban J connectivity index is 1.45. The quantitative estimate of drug-likeness (QED) is 0.620. The fourth-order valence-electron chi connectivity index (χ4n) is 2.84. The van der Waals surface area contributed by atoms with Crippen molar-refractivity contribution in [2.75, 3.05) is 0 Å². The van der Waals surface area contributed by atoms with E-state index in [1.54, 1.807) is 31.2 Å². The van der Waals surface area contributed by atoms with E-state index in [1.807, 2.05) is 0 Å². The maximum Gasteiger partial charge on any atom is 0.283 e. The summed E-state index contributed by atoms with van der Waals surface area (Å²) < 4.78 is 25.2. The van der Waals surface area contributed by atoms with Crippen LogP contribution in [0.25, 0.3) is 10.1 Å². The topological polar surface area (TPSA) is 76.7 Å². The van der Waals surface area contributed by atoms with Gasteiger partial charge in [0.2, 0.25) is 6.10 Å². The van der Waals surface area contributed by atoms with Crippen molar-refractivity contribution in [3.8, 4) is 11.5 Å². The summed E-state index contributed by atoms with van der Waals surface area (Å²) in [5, 5.41) is 0.769. The van der Waals surface area contributed by atoms with E-state index in [-0.39, 0.29) is 9.90 Å². The van der Waals surface area contributed by atoms with Crippen LogP contribution < -0.4 is 20.3 Å². The summed E-state index contributed by atoms with van der Waals surface area (Å²) in [5.74, 6) is -0.605. The standard InChI is InChI=1S/C19H14ClFN2O4S/c1-9-16(27-13-5-3-2-4-12(13)26-9)18(24)22-23-19(25)17-15(20)11-7-6-10(21)8-14(11)28-17/h2-9,16H,1H3,(H,22,24)(H,23,25). The number of fused-ring (bicyclic) bond motifs is 2. The summed E-state index contributed by atoms with van der Waals surface area (Å²) in [4.78, 5) is 25.0. The SMILES string of the molecule is CC1Oc2ccccc2OC1C(=O)NNC(=O)c1sc2cc(F)ccc2c1Cl. The normalized spacial score (nSPS) is 18.0. The van der Waals surface area contributed by atoms with E-state index in [4.69, 9.17) is 21.1 Å². The maximum absolute atomic E-state index is 13.4. The largest absolute Gasteiger partial charge is 0.482 e. The number of benzene rings is 2. The molecule has 0 saturated carbocycles. The molecule has 2 aromatic carbocycles. The number of hydrazine groups is 1. The summed E-state index contributed by atoms with van der Waals surface area (Å²) in [6, 6.07) is 11.1. The fourth-order valence-corrected chi connectivity index (χ4v) is 4.27. The van der Waals surface area contributed by atoms with Gasteiger partial charge in [-0.05, 0) is 37.3 Å². The third kappa shape index (κ3) is 3.36. The monoisotopic (exact) mass is 420 g/mol. The summed E-state index contributed by atoms with van der Waals surface area (Å²) in [6.45, 7) is 1.69. The van der Waals surface area contributed by atoms with Gasteiger partial charge in [-0.1, -0.05) is 23.7 Å². The van der Waals surface area contributed by atoms with Gasteiger partial charge in [0.15, 0.2) is 11.5 Å². The van der Waals surface area contributed by atoms with Gasteiger partial charge < -0.3 is 9.47 Å². The van der Waals surface area contributed by atoms with Crippen molar-refractivity contribution < 1.29 is 23.5 Å². The molecule has 0 saturated heterocycles. The summed E-state index contributed by atoms with van der Waals surface area (Å²) >= 11 is 7.25. The Kier molecular flexibility index (Phi) is 4.82. The van der Waals surface area contributed by atoms with Crippen LogP contribution in [0.4, 0.5) is 4.39 Å². The third-order valence-corrected chi connectivity index (χ3v) is 5.85. The molecular formula is C19H14ClFN2O4S. The molecular weight excluding hydrogens is 407 g/mol. The first-order chi connectivity index (χ1) is 13.4. The zero-order valence-electron chi connectivity index (χ0n) is 14.5. The van der Waals surface area contributed by atoms with Crippen LogP contribution in [0.15, 0.2) is 42.5 Å². The molecule has 2 N–H and O–H groups in total. The number of carbonyl (C=O) groups excluding carboxylic acids is 2. The molecule has 1 aromatic heterocycles. The molecule has 0 spiro atoms. The van der Waals surface area contributed by atoms with Crippen LogP contribution >= 0.6 is 22.9 Å². The number of rotatable bonds is 2. The minimum Gasteiger partial charge on any atom is -0.482 e. The molecule has 1 aliphatic heterocycles. The predicted molar refractivity (Wildman–Crippen MR) is 103 cm³/mol. The summed E-state index contributed by atoms with van der Waals surface area (Å²) in [7, 11) is 0. The van der Waals surface area contributed by atoms with E-state index in [2.05, 4.69) is 10.9 Å². The lowest BCUT2D eigenvalue weighted by Crippen LogP contribution is -2.53. The number of halogens is 2. The average Bonchev–Trinajstić information content (AvgIpc) is 3.01. The Bertz CT molecular complexity index is 1090. The molecule has 2 unspecified atom stereocenters. The van der Waals surface area contributed by atoms with Crippen LogP contribution in [-0.2, 0) is 4.79 Å². The van der Waals surface area contributed by atoms with Crippen LogP contribution in [0, 0.1) is 5.82 Å². The van der Waals surface area contributed by atoms with Crippen LogP contribution in [0.5, 0.6) is 11.5 Å². The second-order valence-electron chi connectivity index (χ2n) is 6.14. The van der Waals surface area contributed by atoms with E-state index >= 15 is 0 Å². The van der Waals surface area contributed by atoms with Gasteiger partial charge in [-0.15, -0.1) is 11.3 Å². The number of amides is 2. The summed E-state index contributed by atoms with van der Waals surface area (Å²) in [6.07, 6.45) is -1.50. The number of thiophene rings is 1. The van der Waals surface area contributed by atoms with Crippen LogP contribution in [-0.4, -0.2) is 24.0 Å². The highest BCUT2D eigenvalue weighted by Crippen LogP contribution is 2.36. The van der Waals surface area contributed by atoms with Crippen LogP contribution in [0.3, 0.4) is 0 Å². The van der Waals surface area contributed by atoms with E-state index in [9.17, 15) is 14.0 Å². The highest BCUT2D eigenvalue weighted by Gasteiger charge is 2.34. The molecule has 9 heteroatoms. The Morgan fingerprint density at radius 3 is 2.57 bits per heavy atom. The molecule has 0 radical (unpaired) electrons. The lowest BCUT2D eigenvalue weighted by molar-refractivity contribution is -0.134. The lowest BCUT2D eigenvalue weighted by Gasteiger charge is -2.30. The van der Waals surface area contributed by atoms with Crippen molar-refractivity contribution in [2.24, 2.45) is 0 Å². The second kappa shape index (κ2) is 7.29. The first-order valence-electron chi connectivity index (χ1n) is 8.34. The molecule has 2 atom stereocenters. The second-order valence-corrected chi connectivity index (χ2v) is 7.57. The minimum atomic E-state index is -0.942. The Hall–Kier alpha value is -2.84. The molecule has 28 heavy (non-hydrogen) atoms. The van der Waals surface area contributed by atoms with Crippen molar-refractivity contribution in [2.45, 2.75) is 19.1 Å². The molecule has 1 aliphatic rings. The molecule has 2 amide bonds. The van der Waals surface area contributed by atoms with Crippen molar-refractivity contribution in [3.63, 3.8) is 0 Å². The summed E-state index contributed by atoms with van der Waals surface area (Å²) in [5.41, 5.74) is 4.64. The average molecular weight is 421 g/mol. The van der Waals surface area contributed by atoms with Crippen molar-refractivity contribution in [1.82, 2.24) is 10.9 Å². The van der Waals surface area contributed by atoms with Crippen molar-refractivity contribution in [1.29, 1.82) is 0 Å². The van der Waals surface area contributed by atoms with Gasteiger partial charge in [0.05, 0.1) is 5.02 Å². The zero-order chi connectivity index (χ0) is 19.8. The minimum absolute atomic E-state index is 0.168. The van der Waals surface area contributed by atoms with Crippen molar-refractivity contribution >= 4 is 44.8 Å². The maximum atomic E-state index is 13.4. The molecule has 0 aliphatic carbocycles. The van der Waals surface area contributed by atoms with Gasteiger partial charge in [-0.2, -0.15) is 0 Å². The molecule has 3 aromatic rings. The first kappa shape index (κ1) is 18.5. The smallest absolute Gasteiger partial charge is 0.283 e. The van der Waals surface area contributed by atoms with Gasteiger partial charge in [0.25, 0.3) is 11.8 Å². The zero-order valence-corrected chi connectivity index (χ0v) is 16.1. The molecule has 6 nitrogen and oxygen atoms in total. The van der Waals surface area contributed by atoms with E-state index in [1.165, 1.54) is 18.2 Å². The lowest BCUT2D eigenvalue weighted by atomic mass is 10.1. The molecule has 0 fully saturated rings. The third-order valence-electron chi connectivity index (χ3n) is 4.20. The van der Waals surface area contributed by atoms with Crippen LogP contribution in [0.2, 0.25) is 5.02 Å². The fraction of sp³-hybridized carbons (Fsp3) is 0.158. The molecule has 2 heterocycles. The predicted octanol–water partition coefficient (Wildman–Crippen LogP) is 3.68. The van der Waals surface area contributed by atoms with Crippen molar-refractivity contribution in [3.05, 3.63) is 58.2 Å². The van der Waals surface area contributed by atoms with E-state index in [0.29, 0.717) is 21.6 Å². The van der Waals surface area contributed by atoms with Crippen LogP contribution in [0.1, 0.15) is 16.6 Å². The van der Waals surface area contributed by atoms with E-state index < -0.39 is 29.8 Å². The Morgan fingerprint density at radius 1 is 1.11 bits per heavy atom. The number of hydrogen-bond donors (Lipinski definition) is 2. The highest BCUT2D eigenvalue weighted by atomic mass is 35.5. The number of para-hydroxylation sites is 2.